The Hall–Kier alpha value is -1.38. The number of hydrogen-bond acceptors (Lipinski definition) is 2. The molecule has 1 amide bonds. The lowest BCUT2D eigenvalue weighted by atomic mass is 10.3. The van der Waals surface area contributed by atoms with Crippen LogP contribution in [0.1, 0.15) is 13.8 Å². The molecule has 0 aliphatic heterocycles. The first-order valence-corrected chi connectivity index (χ1v) is 3.23. The van der Waals surface area contributed by atoms with Crippen molar-refractivity contribution in [3.8, 4) is 0 Å². The largest absolute Gasteiger partial charge is 0.317 e. The van der Waals surface area contributed by atoms with Crippen LogP contribution in [0, 0.1) is 0 Å². The summed E-state index contributed by atoms with van der Waals surface area (Å²) in [5.74, 6) is 0.567. The van der Waals surface area contributed by atoms with E-state index in [1.165, 1.54) is 0 Å². The van der Waals surface area contributed by atoms with Crippen LogP contribution in [0.5, 0.6) is 0 Å². The highest BCUT2D eigenvalue weighted by Crippen LogP contribution is 1.88. The molecule has 0 aromatic carbocycles. The van der Waals surface area contributed by atoms with E-state index in [0.29, 0.717) is 12.2 Å². The zero-order valence-corrected chi connectivity index (χ0v) is 6.79. The SMILES string of the molecule is C=C(C)/C=C\N=C(C)NC=O. The molecule has 11 heavy (non-hydrogen) atoms. The molecule has 1 N–H and O–H groups in total. The Labute approximate surface area is 66.5 Å². The van der Waals surface area contributed by atoms with Gasteiger partial charge < -0.3 is 5.32 Å². The summed E-state index contributed by atoms with van der Waals surface area (Å²) < 4.78 is 0. The summed E-state index contributed by atoms with van der Waals surface area (Å²) in [5.41, 5.74) is 0.924. The van der Waals surface area contributed by atoms with Crippen LogP contribution in [0.4, 0.5) is 0 Å². The molecule has 0 aliphatic rings. The van der Waals surface area contributed by atoms with Gasteiger partial charge in [0, 0.05) is 6.20 Å². The van der Waals surface area contributed by atoms with E-state index in [1.807, 2.05) is 6.92 Å². The highest BCUT2D eigenvalue weighted by atomic mass is 16.1. The fourth-order valence-electron chi connectivity index (χ4n) is 0.399. The fourth-order valence-corrected chi connectivity index (χ4v) is 0.399. The van der Waals surface area contributed by atoms with Gasteiger partial charge in [0.25, 0.3) is 0 Å². The molecule has 0 aliphatic carbocycles. The number of carbonyl (C=O) groups excluding carboxylic acids is 1. The second-order valence-corrected chi connectivity index (χ2v) is 2.14. The Balaban J connectivity index is 3.90. The number of carbonyl (C=O) groups is 1. The molecule has 0 radical (unpaired) electrons. The summed E-state index contributed by atoms with van der Waals surface area (Å²) in [4.78, 5) is 13.8. The normalized spacial score (nSPS) is 11.6. The number of aliphatic imine (C=N–C) groups is 1. The van der Waals surface area contributed by atoms with E-state index >= 15 is 0 Å². The minimum absolute atomic E-state index is 0.567. The Morgan fingerprint density at radius 2 is 2.18 bits per heavy atom. The van der Waals surface area contributed by atoms with Gasteiger partial charge in [0.05, 0.1) is 0 Å². The first kappa shape index (κ1) is 9.62. The Morgan fingerprint density at radius 1 is 1.55 bits per heavy atom. The van der Waals surface area contributed by atoms with Gasteiger partial charge in [-0.05, 0) is 19.9 Å². The second kappa shape index (κ2) is 5.41. The summed E-state index contributed by atoms with van der Waals surface area (Å²) in [6.07, 6.45) is 3.94. The first-order valence-electron chi connectivity index (χ1n) is 3.23. The van der Waals surface area contributed by atoms with E-state index in [-0.39, 0.29) is 0 Å². The van der Waals surface area contributed by atoms with E-state index in [9.17, 15) is 4.79 Å². The molecule has 0 saturated heterocycles. The maximum atomic E-state index is 9.88. The lowest BCUT2D eigenvalue weighted by Crippen LogP contribution is -2.16. The molecule has 0 atom stereocenters. The second-order valence-electron chi connectivity index (χ2n) is 2.14. The number of allylic oxidation sites excluding steroid dienone is 2. The molecule has 0 rings (SSSR count). The minimum Gasteiger partial charge on any atom is -0.317 e. The van der Waals surface area contributed by atoms with Crippen molar-refractivity contribution in [2.45, 2.75) is 13.8 Å². The van der Waals surface area contributed by atoms with Gasteiger partial charge in [-0.3, -0.25) is 4.79 Å². The highest BCUT2D eigenvalue weighted by Gasteiger charge is 1.80. The van der Waals surface area contributed by atoms with Crippen molar-refractivity contribution in [2.75, 3.05) is 0 Å². The van der Waals surface area contributed by atoms with Crippen molar-refractivity contribution in [2.24, 2.45) is 4.99 Å². The average Bonchev–Trinajstić information content (AvgIpc) is 1.87. The standard InChI is InChI=1S/C8H12N2O/c1-7(2)4-5-9-8(3)10-6-11/h4-6H,1H2,2-3H3,(H,9,10,11)/b5-4-. The van der Waals surface area contributed by atoms with Gasteiger partial charge in [0.2, 0.25) is 6.41 Å². The maximum Gasteiger partial charge on any atom is 0.212 e. The molecule has 0 aromatic rings. The number of rotatable bonds is 3. The van der Waals surface area contributed by atoms with E-state index in [0.717, 1.165) is 5.57 Å². The van der Waals surface area contributed by atoms with Crippen LogP contribution in [-0.4, -0.2) is 12.2 Å². The van der Waals surface area contributed by atoms with E-state index in [1.54, 1.807) is 19.2 Å². The van der Waals surface area contributed by atoms with Crippen molar-refractivity contribution in [3.05, 3.63) is 24.4 Å². The van der Waals surface area contributed by atoms with Crippen LogP contribution >= 0.6 is 0 Å². The zero-order chi connectivity index (χ0) is 8.69. The van der Waals surface area contributed by atoms with Gasteiger partial charge in [-0.25, -0.2) is 4.99 Å². The van der Waals surface area contributed by atoms with Gasteiger partial charge in [-0.2, -0.15) is 0 Å². The van der Waals surface area contributed by atoms with Crippen molar-refractivity contribution < 1.29 is 4.79 Å². The van der Waals surface area contributed by atoms with Gasteiger partial charge in [-0.15, -0.1) is 0 Å². The van der Waals surface area contributed by atoms with Crippen LogP contribution in [0.3, 0.4) is 0 Å². The molecule has 0 heterocycles. The van der Waals surface area contributed by atoms with Crippen molar-refractivity contribution in [3.63, 3.8) is 0 Å². The third-order valence-electron chi connectivity index (χ3n) is 0.895. The lowest BCUT2D eigenvalue weighted by molar-refractivity contribution is -0.108. The van der Waals surface area contributed by atoms with Crippen LogP contribution in [-0.2, 0) is 4.79 Å². The number of hydrogen-bond donors (Lipinski definition) is 1. The van der Waals surface area contributed by atoms with Gasteiger partial charge in [-0.1, -0.05) is 12.2 Å². The molecule has 0 bridgehead atoms. The maximum absolute atomic E-state index is 9.88. The third-order valence-corrected chi connectivity index (χ3v) is 0.895. The van der Waals surface area contributed by atoms with Crippen LogP contribution in [0.25, 0.3) is 0 Å². The monoisotopic (exact) mass is 152 g/mol. The van der Waals surface area contributed by atoms with Crippen molar-refractivity contribution in [1.29, 1.82) is 0 Å². The average molecular weight is 152 g/mol. The summed E-state index contributed by atoms with van der Waals surface area (Å²) in [7, 11) is 0. The highest BCUT2D eigenvalue weighted by molar-refractivity contribution is 5.88. The van der Waals surface area contributed by atoms with Crippen LogP contribution in [0.2, 0.25) is 0 Å². The summed E-state index contributed by atoms with van der Waals surface area (Å²) >= 11 is 0. The Kier molecular flexibility index (Phi) is 4.73. The zero-order valence-electron chi connectivity index (χ0n) is 6.79. The lowest BCUT2D eigenvalue weighted by Gasteiger charge is -1.91. The first-order chi connectivity index (χ1) is 5.16. The van der Waals surface area contributed by atoms with Crippen LogP contribution in [0.15, 0.2) is 29.4 Å². The smallest absolute Gasteiger partial charge is 0.212 e. The molecule has 0 spiro atoms. The quantitative estimate of drug-likeness (QED) is 0.281. The van der Waals surface area contributed by atoms with Gasteiger partial charge >= 0.3 is 0 Å². The van der Waals surface area contributed by atoms with E-state index in [4.69, 9.17) is 0 Å². The molecule has 60 valence electrons. The van der Waals surface area contributed by atoms with E-state index in [2.05, 4.69) is 16.9 Å². The Bertz CT molecular complexity index is 204. The molecule has 0 saturated carbocycles. The number of nitrogens with zero attached hydrogens (tertiary/aromatic N) is 1. The van der Waals surface area contributed by atoms with Crippen molar-refractivity contribution in [1.82, 2.24) is 5.32 Å². The van der Waals surface area contributed by atoms with Gasteiger partial charge in [0.1, 0.15) is 5.84 Å². The summed E-state index contributed by atoms with van der Waals surface area (Å²) in [6, 6.07) is 0. The summed E-state index contributed by atoms with van der Waals surface area (Å²) in [6.45, 7) is 7.23. The molecule has 0 aromatic heterocycles. The molecular formula is C8H12N2O. The Morgan fingerprint density at radius 3 is 2.64 bits per heavy atom. The van der Waals surface area contributed by atoms with E-state index < -0.39 is 0 Å². The minimum atomic E-state index is 0.567. The number of nitrogens with one attached hydrogen (secondary N) is 1. The third kappa shape index (κ3) is 6.51. The topological polar surface area (TPSA) is 41.5 Å². The molecule has 0 unspecified atom stereocenters. The molecular weight excluding hydrogens is 140 g/mol. The molecule has 3 nitrogen and oxygen atoms in total. The predicted molar refractivity (Wildman–Crippen MR) is 46.3 cm³/mol. The van der Waals surface area contributed by atoms with Crippen LogP contribution < -0.4 is 5.32 Å². The fraction of sp³-hybridized carbons (Fsp3) is 0.250. The molecule has 3 heteroatoms. The number of amidine groups is 1. The number of amides is 1. The molecule has 0 fully saturated rings. The predicted octanol–water partition coefficient (Wildman–Crippen LogP) is 1.24. The summed E-state index contributed by atoms with van der Waals surface area (Å²) in [5, 5.41) is 2.41. The van der Waals surface area contributed by atoms with Crippen molar-refractivity contribution >= 4 is 12.2 Å². The van der Waals surface area contributed by atoms with Gasteiger partial charge in [0.15, 0.2) is 0 Å².